The molecule has 0 aliphatic rings. The number of methoxy groups -OCH3 is 2. The average molecular weight is 415 g/mol. The van der Waals surface area contributed by atoms with Gasteiger partial charge in [-0.1, -0.05) is 19.1 Å². The van der Waals surface area contributed by atoms with Crippen LogP contribution in [0.2, 0.25) is 0 Å². The Kier molecular flexibility index (Phi) is 6.81. The lowest BCUT2D eigenvalue weighted by molar-refractivity contribution is -0.112. The monoisotopic (exact) mass is 414 g/mol. The van der Waals surface area contributed by atoms with E-state index >= 15 is 0 Å². The molecular formula is C20H19BrN2O3. The number of aryl methyl sites for hydroxylation is 1. The van der Waals surface area contributed by atoms with Crippen molar-refractivity contribution in [2.75, 3.05) is 19.5 Å². The van der Waals surface area contributed by atoms with E-state index in [1.807, 2.05) is 30.3 Å². The van der Waals surface area contributed by atoms with Gasteiger partial charge in [0.05, 0.1) is 18.7 Å². The van der Waals surface area contributed by atoms with E-state index in [0.717, 1.165) is 6.42 Å². The van der Waals surface area contributed by atoms with E-state index in [9.17, 15) is 10.1 Å². The summed E-state index contributed by atoms with van der Waals surface area (Å²) in [5.74, 6) is 0.613. The van der Waals surface area contributed by atoms with Crippen molar-refractivity contribution in [1.82, 2.24) is 0 Å². The number of benzene rings is 2. The van der Waals surface area contributed by atoms with Gasteiger partial charge in [0, 0.05) is 17.3 Å². The third kappa shape index (κ3) is 4.64. The number of hydrogen-bond acceptors (Lipinski definition) is 4. The fourth-order valence-electron chi connectivity index (χ4n) is 2.32. The normalized spacial score (nSPS) is 10.8. The third-order valence-corrected chi connectivity index (χ3v) is 4.41. The van der Waals surface area contributed by atoms with Gasteiger partial charge in [0.2, 0.25) is 0 Å². The lowest BCUT2D eigenvalue weighted by atomic mass is 10.1. The van der Waals surface area contributed by atoms with E-state index in [2.05, 4.69) is 28.2 Å². The summed E-state index contributed by atoms with van der Waals surface area (Å²) >= 11 is 3.39. The Morgan fingerprint density at radius 2 is 1.85 bits per heavy atom. The van der Waals surface area contributed by atoms with E-state index in [1.165, 1.54) is 18.7 Å². The largest absolute Gasteiger partial charge is 0.496 e. The summed E-state index contributed by atoms with van der Waals surface area (Å²) in [5, 5.41) is 12.1. The maximum Gasteiger partial charge on any atom is 0.266 e. The van der Waals surface area contributed by atoms with Gasteiger partial charge in [-0.25, -0.2) is 0 Å². The Labute approximate surface area is 161 Å². The number of halogens is 1. The number of ether oxygens (including phenoxy) is 2. The summed E-state index contributed by atoms with van der Waals surface area (Å²) in [7, 11) is 3.06. The first kappa shape index (κ1) is 19.5. The van der Waals surface area contributed by atoms with Crippen molar-refractivity contribution in [2.45, 2.75) is 13.3 Å². The summed E-state index contributed by atoms with van der Waals surface area (Å²) in [6, 6.07) is 12.9. The standard InChI is InChI=1S/C20H19BrN2O3/c1-4-13-5-7-16(8-6-13)23-20(24)15(12-22)9-14-10-17(21)19(26-3)11-18(14)25-2/h5-11H,4H2,1-3H3,(H,23,24)/b15-9+. The number of nitriles is 1. The van der Waals surface area contributed by atoms with E-state index < -0.39 is 5.91 Å². The highest BCUT2D eigenvalue weighted by molar-refractivity contribution is 9.10. The Morgan fingerprint density at radius 3 is 2.38 bits per heavy atom. The van der Waals surface area contributed by atoms with Crippen LogP contribution < -0.4 is 14.8 Å². The summed E-state index contributed by atoms with van der Waals surface area (Å²) in [6.07, 6.45) is 2.41. The number of rotatable bonds is 6. The van der Waals surface area contributed by atoms with Crippen LogP contribution in [0.5, 0.6) is 11.5 Å². The summed E-state index contributed by atoms with van der Waals surface area (Å²) in [5.41, 5.74) is 2.37. The second-order valence-electron chi connectivity index (χ2n) is 5.40. The highest BCUT2D eigenvalue weighted by atomic mass is 79.9. The molecule has 1 N–H and O–H groups in total. The van der Waals surface area contributed by atoms with Gasteiger partial charge in [-0.15, -0.1) is 0 Å². The second kappa shape index (κ2) is 9.07. The molecule has 0 spiro atoms. The highest BCUT2D eigenvalue weighted by Gasteiger charge is 2.13. The number of hydrogen-bond donors (Lipinski definition) is 1. The number of nitrogens with zero attached hydrogens (tertiary/aromatic N) is 1. The summed E-state index contributed by atoms with van der Waals surface area (Å²) < 4.78 is 11.2. The minimum Gasteiger partial charge on any atom is -0.496 e. The fourth-order valence-corrected chi connectivity index (χ4v) is 2.85. The number of anilines is 1. The molecule has 0 aliphatic heterocycles. The fraction of sp³-hybridized carbons (Fsp3) is 0.200. The van der Waals surface area contributed by atoms with Gasteiger partial charge in [-0.2, -0.15) is 5.26 Å². The van der Waals surface area contributed by atoms with Gasteiger partial charge in [-0.05, 0) is 52.2 Å². The van der Waals surface area contributed by atoms with E-state index in [4.69, 9.17) is 9.47 Å². The van der Waals surface area contributed by atoms with Crippen LogP contribution in [0.25, 0.3) is 6.08 Å². The first-order valence-electron chi connectivity index (χ1n) is 7.96. The molecule has 2 rings (SSSR count). The van der Waals surface area contributed by atoms with Gasteiger partial charge in [0.25, 0.3) is 5.91 Å². The van der Waals surface area contributed by atoms with Crippen LogP contribution in [-0.4, -0.2) is 20.1 Å². The summed E-state index contributed by atoms with van der Waals surface area (Å²) in [4.78, 5) is 12.4. The number of carbonyl (C=O) groups is 1. The Bertz CT molecular complexity index is 868. The lowest BCUT2D eigenvalue weighted by Gasteiger charge is -2.10. The average Bonchev–Trinajstić information content (AvgIpc) is 2.66. The third-order valence-electron chi connectivity index (χ3n) is 3.79. The molecule has 0 saturated heterocycles. The van der Waals surface area contributed by atoms with Crippen molar-refractivity contribution < 1.29 is 14.3 Å². The molecule has 0 aromatic heterocycles. The topological polar surface area (TPSA) is 71.4 Å². The maximum absolute atomic E-state index is 12.4. The van der Waals surface area contributed by atoms with Crippen molar-refractivity contribution in [3.8, 4) is 17.6 Å². The van der Waals surface area contributed by atoms with Crippen molar-refractivity contribution in [3.05, 3.63) is 57.6 Å². The van der Waals surface area contributed by atoms with E-state index in [0.29, 0.717) is 27.2 Å². The molecule has 2 aromatic carbocycles. The molecule has 0 saturated carbocycles. The van der Waals surface area contributed by atoms with Crippen LogP contribution in [0.3, 0.4) is 0 Å². The number of amides is 1. The quantitative estimate of drug-likeness (QED) is 0.554. The Balaban J connectivity index is 2.30. The SMILES string of the molecule is CCc1ccc(NC(=O)/C(C#N)=C/c2cc(Br)c(OC)cc2OC)cc1. The van der Waals surface area contributed by atoms with Crippen LogP contribution in [0, 0.1) is 11.3 Å². The van der Waals surface area contributed by atoms with Gasteiger partial charge >= 0.3 is 0 Å². The van der Waals surface area contributed by atoms with E-state index in [-0.39, 0.29) is 5.57 Å². The predicted octanol–water partition coefficient (Wildman–Crippen LogP) is 4.57. The van der Waals surface area contributed by atoms with Crippen LogP contribution in [0.1, 0.15) is 18.1 Å². The van der Waals surface area contributed by atoms with Crippen molar-refractivity contribution in [3.63, 3.8) is 0 Å². The molecule has 0 aliphatic carbocycles. The smallest absolute Gasteiger partial charge is 0.266 e. The van der Waals surface area contributed by atoms with Crippen LogP contribution in [-0.2, 0) is 11.2 Å². The zero-order chi connectivity index (χ0) is 19.1. The lowest BCUT2D eigenvalue weighted by Crippen LogP contribution is -2.13. The maximum atomic E-state index is 12.4. The molecule has 5 nitrogen and oxygen atoms in total. The molecule has 0 radical (unpaired) electrons. The number of nitrogens with one attached hydrogen (secondary N) is 1. The number of carbonyl (C=O) groups excluding carboxylic acids is 1. The molecular weight excluding hydrogens is 396 g/mol. The van der Waals surface area contributed by atoms with Gasteiger partial charge in [0.15, 0.2) is 0 Å². The second-order valence-corrected chi connectivity index (χ2v) is 6.26. The molecule has 0 heterocycles. The Hall–Kier alpha value is -2.78. The molecule has 134 valence electrons. The zero-order valence-corrected chi connectivity index (χ0v) is 16.4. The van der Waals surface area contributed by atoms with Gasteiger partial charge < -0.3 is 14.8 Å². The van der Waals surface area contributed by atoms with Gasteiger partial charge in [0.1, 0.15) is 23.1 Å². The highest BCUT2D eigenvalue weighted by Crippen LogP contribution is 2.34. The minimum absolute atomic E-state index is 0.0278. The van der Waals surface area contributed by atoms with Crippen LogP contribution in [0.15, 0.2) is 46.4 Å². The molecule has 0 atom stereocenters. The van der Waals surface area contributed by atoms with Crippen LogP contribution in [0.4, 0.5) is 5.69 Å². The molecule has 2 aromatic rings. The molecule has 6 heteroatoms. The van der Waals surface area contributed by atoms with Gasteiger partial charge in [-0.3, -0.25) is 4.79 Å². The summed E-state index contributed by atoms with van der Waals surface area (Å²) in [6.45, 7) is 2.06. The zero-order valence-electron chi connectivity index (χ0n) is 14.8. The van der Waals surface area contributed by atoms with E-state index in [1.54, 1.807) is 19.2 Å². The first-order chi connectivity index (χ1) is 12.5. The predicted molar refractivity (Wildman–Crippen MR) is 105 cm³/mol. The molecule has 1 amide bonds. The van der Waals surface area contributed by atoms with Crippen molar-refractivity contribution in [1.29, 1.82) is 5.26 Å². The van der Waals surface area contributed by atoms with Crippen molar-refractivity contribution >= 4 is 33.6 Å². The van der Waals surface area contributed by atoms with Crippen molar-refractivity contribution in [2.24, 2.45) is 0 Å². The molecule has 0 bridgehead atoms. The Morgan fingerprint density at radius 1 is 1.19 bits per heavy atom. The molecule has 0 fully saturated rings. The minimum atomic E-state index is -0.481. The first-order valence-corrected chi connectivity index (χ1v) is 8.75. The van der Waals surface area contributed by atoms with Crippen LogP contribution >= 0.6 is 15.9 Å². The molecule has 0 unspecified atom stereocenters. The molecule has 26 heavy (non-hydrogen) atoms.